The fraction of sp³-hybridized carbons (Fsp3) is 0.524. The molecule has 7 nitrogen and oxygen atoms in total. The van der Waals surface area contributed by atoms with Crippen molar-refractivity contribution in [3.8, 4) is 11.5 Å². The van der Waals surface area contributed by atoms with Gasteiger partial charge in [-0.3, -0.25) is 9.89 Å². The van der Waals surface area contributed by atoms with Crippen LogP contribution < -0.4 is 20.5 Å². The van der Waals surface area contributed by atoms with Crippen molar-refractivity contribution in [3.05, 3.63) is 34.3 Å². The second-order valence-corrected chi connectivity index (χ2v) is 8.17. The van der Waals surface area contributed by atoms with Gasteiger partial charge in [-0.25, -0.2) is 4.98 Å². The summed E-state index contributed by atoms with van der Waals surface area (Å²) in [5, 5.41) is 6.55. The molecular formula is C21H32IN5O2S. The van der Waals surface area contributed by atoms with Crippen molar-refractivity contribution in [3.63, 3.8) is 0 Å². The van der Waals surface area contributed by atoms with Crippen LogP contribution in [0.5, 0.6) is 11.5 Å². The summed E-state index contributed by atoms with van der Waals surface area (Å²) in [5.74, 6) is 2.33. The summed E-state index contributed by atoms with van der Waals surface area (Å²) < 4.78 is 10.6. The Bertz CT molecular complexity index is 821. The van der Waals surface area contributed by atoms with Gasteiger partial charge in [0.2, 0.25) is 0 Å². The number of aryl methyl sites for hydroxylation is 1. The Kier molecular flexibility index (Phi) is 10.1. The van der Waals surface area contributed by atoms with E-state index >= 15 is 0 Å². The van der Waals surface area contributed by atoms with E-state index in [9.17, 15) is 0 Å². The number of anilines is 1. The Morgan fingerprint density at radius 2 is 2.00 bits per heavy atom. The average molecular weight is 545 g/mol. The smallest absolute Gasteiger partial charge is 0.193 e. The summed E-state index contributed by atoms with van der Waals surface area (Å²) in [5.41, 5.74) is 8.11. The maximum atomic E-state index is 6.08. The maximum Gasteiger partial charge on any atom is 0.193 e. The van der Waals surface area contributed by atoms with Crippen LogP contribution in [0.25, 0.3) is 0 Å². The topological polar surface area (TPSA) is 85.0 Å². The van der Waals surface area contributed by atoms with Gasteiger partial charge in [0, 0.05) is 30.2 Å². The number of methoxy groups -OCH3 is 2. The molecule has 1 aromatic heterocycles. The number of rotatable bonds is 8. The summed E-state index contributed by atoms with van der Waals surface area (Å²) in [4.78, 5) is 11.7. The highest BCUT2D eigenvalue weighted by Gasteiger charge is 2.19. The molecule has 3 N–H and O–H groups in total. The molecule has 0 bridgehead atoms. The molecule has 9 heteroatoms. The van der Waals surface area contributed by atoms with Crippen LogP contribution in [-0.4, -0.2) is 49.7 Å². The molecule has 2 heterocycles. The molecule has 2 aromatic rings. The van der Waals surface area contributed by atoms with Gasteiger partial charge in [-0.05, 0) is 50.4 Å². The fourth-order valence-corrected chi connectivity index (χ4v) is 4.20. The highest BCUT2D eigenvalue weighted by Crippen LogP contribution is 2.29. The van der Waals surface area contributed by atoms with Crippen LogP contribution in [0.2, 0.25) is 0 Å². The zero-order valence-electron chi connectivity index (χ0n) is 17.9. The second kappa shape index (κ2) is 12.3. The molecule has 1 saturated heterocycles. The van der Waals surface area contributed by atoms with Crippen LogP contribution in [0.4, 0.5) is 5.69 Å². The lowest BCUT2D eigenvalue weighted by Gasteiger charge is -2.30. The van der Waals surface area contributed by atoms with E-state index in [1.54, 1.807) is 25.6 Å². The standard InChI is InChI=1S/C21H31N5O2S.HI/c1-4-20-24-17(14-29-20)13-26-9-7-15(8-10-26)12-23-21(22)25-16-5-6-18(27-2)19(11-16)28-3;/h5-6,11,14-15H,4,7-10,12-13H2,1-3H3,(H3,22,23,25);1H. The third-order valence-corrected chi connectivity index (χ3v) is 6.21. The summed E-state index contributed by atoms with van der Waals surface area (Å²) in [7, 11) is 3.23. The summed E-state index contributed by atoms with van der Waals surface area (Å²) >= 11 is 1.76. The third-order valence-electron chi connectivity index (χ3n) is 5.17. The number of nitrogens with one attached hydrogen (secondary N) is 1. The minimum absolute atomic E-state index is 0. The fourth-order valence-electron chi connectivity index (χ4n) is 3.47. The number of aromatic nitrogens is 1. The van der Waals surface area contributed by atoms with Crippen LogP contribution in [0.1, 0.15) is 30.5 Å². The van der Waals surface area contributed by atoms with Crippen LogP contribution in [0, 0.1) is 5.92 Å². The molecule has 30 heavy (non-hydrogen) atoms. The predicted molar refractivity (Wildman–Crippen MR) is 135 cm³/mol. The van der Waals surface area contributed by atoms with Crippen LogP contribution in [-0.2, 0) is 13.0 Å². The number of hydrogen-bond donors (Lipinski definition) is 2. The van der Waals surface area contributed by atoms with E-state index < -0.39 is 0 Å². The number of halogens is 1. The number of nitrogens with two attached hydrogens (primary N) is 1. The van der Waals surface area contributed by atoms with Crippen molar-refractivity contribution in [1.29, 1.82) is 0 Å². The van der Waals surface area contributed by atoms with E-state index in [-0.39, 0.29) is 24.0 Å². The number of likely N-dealkylation sites (tertiary alicyclic amines) is 1. The largest absolute Gasteiger partial charge is 0.493 e. The van der Waals surface area contributed by atoms with Crippen LogP contribution in [0.3, 0.4) is 0 Å². The molecule has 166 valence electrons. The first-order valence-electron chi connectivity index (χ1n) is 10.1. The molecule has 0 unspecified atom stereocenters. The van der Waals surface area contributed by atoms with Crippen LogP contribution >= 0.6 is 35.3 Å². The van der Waals surface area contributed by atoms with E-state index in [1.165, 1.54) is 10.7 Å². The van der Waals surface area contributed by atoms with E-state index in [2.05, 4.69) is 32.5 Å². The SMILES string of the molecule is CCc1nc(CN2CCC(CN=C(N)Nc3ccc(OC)c(OC)c3)CC2)cs1.I. The Balaban J connectivity index is 0.00000320. The van der Waals surface area contributed by atoms with Crippen molar-refractivity contribution in [1.82, 2.24) is 9.88 Å². The summed E-state index contributed by atoms with van der Waals surface area (Å²) in [6.07, 6.45) is 3.29. The number of ether oxygens (including phenoxy) is 2. The van der Waals surface area contributed by atoms with Crippen molar-refractivity contribution in [2.24, 2.45) is 16.6 Å². The van der Waals surface area contributed by atoms with Gasteiger partial charge in [-0.15, -0.1) is 35.3 Å². The molecule has 0 saturated carbocycles. The summed E-state index contributed by atoms with van der Waals surface area (Å²) in [6, 6.07) is 5.59. The lowest BCUT2D eigenvalue weighted by atomic mass is 9.97. The van der Waals surface area contributed by atoms with Gasteiger partial charge < -0.3 is 20.5 Å². The zero-order chi connectivity index (χ0) is 20.6. The minimum atomic E-state index is 0. The van der Waals surface area contributed by atoms with Gasteiger partial charge in [-0.1, -0.05) is 6.92 Å². The Labute approximate surface area is 200 Å². The molecule has 1 aliphatic heterocycles. The quantitative estimate of drug-likeness (QED) is 0.297. The Morgan fingerprint density at radius 1 is 1.27 bits per heavy atom. The molecule has 0 aliphatic carbocycles. The van der Waals surface area contributed by atoms with Gasteiger partial charge in [0.25, 0.3) is 0 Å². The second-order valence-electron chi connectivity index (χ2n) is 7.23. The van der Waals surface area contributed by atoms with E-state index in [4.69, 9.17) is 15.2 Å². The normalized spacial score (nSPS) is 15.5. The highest BCUT2D eigenvalue weighted by atomic mass is 127. The van der Waals surface area contributed by atoms with Crippen molar-refractivity contribution in [2.45, 2.75) is 32.7 Å². The molecule has 3 rings (SSSR count). The van der Waals surface area contributed by atoms with Gasteiger partial charge in [0.15, 0.2) is 17.5 Å². The lowest BCUT2D eigenvalue weighted by molar-refractivity contribution is 0.179. The lowest BCUT2D eigenvalue weighted by Crippen LogP contribution is -2.34. The number of piperidine rings is 1. The Morgan fingerprint density at radius 3 is 2.63 bits per heavy atom. The molecule has 0 radical (unpaired) electrons. The predicted octanol–water partition coefficient (Wildman–Crippen LogP) is 3.98. The van der Waals surface area contributed by atoms with Gasteiger partial charge in [-0.2, -0.15) is 0 Å². The molecule has 0 atom stereocenters. The average Bonchev–Trinajstić information content (AvgIpc) is 3.20. The van der Waals surface area contributed by atoms with E-state index in [0.717, 1.165) is 51.1 Å². The first kappa shape index (κ1) is 24.7. The number of hydrogen-bond acceptors (Lipinski definition) is 6. The number of benzene rings is 1. The first-order chi connectivity index (χ1) is 14.1. The minimum Gasteiger partial charge on any atom is -0.493 e. The molecule has 0 amide bonds. The zero-order valence-corrected chi connectivity index (χ0v) is 21.0. The van der Waals surface area contributed by atoms with E-state index in [1.807, 2.05) is 18.2 Å². The van der Waals surface area contributed by atoms with E-state index in [0.29, 0.717) is 23.4 Å². The number of nitrogens with zero attached hydrogens (tertiary/aromatic N) is 3. The number of aliphatic imine (C=N–C) groups is 1. The van der Waals surface area contributed by atoms with Gasteiger partial charge in [0.1, 0.15) is 0 Å². The Hall–Kier alpha value is -1.59. The number of guanidine groups is 1. The molecule has 0 spiro atoms. The van der Waals surface area contributed by atoms with Crippen LogP contribution in [0.15, 0.2) is 28.6 Å². The number of thiazole rings is 1. The molecule has 1 aliphatic rings. The molecular weight excluding hydrogens is 513 g/mol. The van der Waals surface area contributed by atoms with Gasteiger partial charge in [0.05, 0.1) is 24.9 Å². The van der Waals surface area contributed by atoms with Crippen molar-refractivity contribution >= 4 is 47.0 Å². The monoisotopic (exact) mass is 545 g/mol. The summed E-state index contributed by atoms with van der Waals surface area (Å²) in [6.45, 7) is 6.02. The maximum absolute atomic E-state index is 6.08. The third kappa shape index (κ3) is 6.98. The van der Waals surface area contributed by atoms with Crippen molar-refractivity contribution < 1.29 is 9.47 Å². The van der Waals surface area contributed by atoms with Gasteiger partial charge >= 0.3 is 0 Å². The molecule has 1 aromatic carbocycles. The molecule has 1 fully saturated rings. The first-order valence-corrected chi connectivity index (χ1v) is 10.9. The van der Waals surface area contributed by atoms with Crippen molar-refractivity contribution in [2.75, 3.05) is 39.2 Å². The highest BCUT2D eigenvalue weighted by molar-refractivity contribution is 14.0.